The van der Waals surface area contributed by atoms with Gasteiger partial charge < -0.3 is 4.74 Å². The van der Waals surface area contributed by atoms with Crippen molar-refractivity contribution in [3.63, 3.8) is 0 Å². The molecular weight excluding hydrogens is 209 g/mol. The number of halogens is 1. The molecule has 1 aromatic heterocycles. The number of aromatic amines is 1. The lowest BCUT2D eigenvalue weighted by atomic mass is 10.2. The number of hydrogen-bond acceptors (Lipinski definition) is 2. The van der Waals surface area contributed by atoms with Crippen molar-refractivity contribution in [1.82, 2.24) is 0 Å². The molecule has 4 heteroatoms. The first kappa shape index (κ1) is 10.3. The lowest BCUT2D eigenvalue weighted by Gasteiger charge is -2.01. The number of pyridine rings is 1. The highest BCUT2D eigenvalue weighted by molar-refractivity contribution is 5.90. The van der Waals surface area contributed by atoms with E-state index in [1.54, 1.807) is 24.5 Å². The van der Waals surface area contributed by atoms with Crippen molar-refractivity contribution in [3.8, 4) is 5.75 Å². The molecule has 2 aromatic rings. The van der Waals surface area contributed by atoms with Gasteiger partial charge in [0, 0.05) is 6.07 Å². The molecule has 0 aliphatic carbocycles. The van der Waals surface area contributed by atoms with Gasteiger partial charge in [-0.25, -0.2) is 14.2 Å². The Morgan fingerprint density at radius 2 is 1.94 bits per heavy atom. The average Bonchev–Trinajstić information content (AvgIpc) is 2.31. The summed E-state index contributed by atoms with van der Waals surface area (Å²) in [6.07, 6.45) is 3.26. The molecule has 0 spiro atoms. The molecule has 1 N–H and O–H groups in total. The lowest BCUT2D eigenvalue weighted by molar-refractivity contribution is -0.378. The summed E-state index contributed by atoms with van der Waals surface area (Å²) in [6, 6.07) is 8.56. The van der Waals surface area contributed by atoms with Crippen LogP contribution in [0.15, 0.2) is 48.8 Å². The molecule has 1 heterocycles. The van der Waals surface area contributed by atoms with Crippen LogP contribution < -0.4 is 9.72 Å². The topological polar surface area (TPSA) is 40.4 Å². The molecule has 0 saturated heterocycles. The standard InChI is InChI=1S/C12H8FNO2/c13-10-5-3-9(4-6-10)12(15)16-11-2-1-7-14-8-11/h1-8H/p+1. The fraction of sp³-hybridized carbons (Fsp3) is 0. The first-order chi connectivity index (χ1) is 7.75. The number of hydrogen-bond donors (Lipinski definition) is 0. The third kappa shape index (κ3) is 2.42. The fourth-order valence-electron chi connectivity index (χ4n) is 1.19. The predicted molar refractivity (Wildman–Crippen MR) is 54.4 cm³/mol. The van der Waals surface area contributed by atoms with Gasteiger partial charge in [0.05, 0.1) is 5.56 Å². The quantitative estimate of drug-likeness (QED) is 0.722. The van der Waals surface area contributed by atoms with Crippen LogP contribution in [0.1, 0.15) is 10.4 Å². The van der Waals surface area contributed by atoms with Gasteiger partial charge in [0.1, 0.15) is 5.82 Å². The van der Waals surface area contributed by atoms with E-state index in [2.05, 4.69) is 4.98 Å². The van der Waals surface area contributed by atoms with Gasteiger partial charge in [0.15, 0.2) is 11.9 Å². The van der Waals surface area contributed by atoms with Crippen LogP contribution in [0.2, 0.25) is 0 Å². The van der Waals surface area contributed by atoms with Gasteiger partial charge in [-0.3, -0.25) is 0 Å². The first-order valence-electron chi connectivity index (χ1n) is 4.69. The smallest absolute Gasteiger partial charge is 0.343 e. The van der Waals surface area contributed by atoms with E-state index >= 15 is 0 Å². The van der Waals surface area contributed by atoms with Crippen LogP contribution in [0.3, 0.4) is 0 Å². The highest BCUT2D eigenvalue weighted by atomic mass is 19.1. The lowest BCUT2D eigenvalue weighted by Crippen LogP contribution is -2.10. The summed E-state index contributed by atoms with van der Waals surface area (Å²) in [4.78, 5) is 14.4. The maximum atomic E-state index is 12.6. The van der Waals surface area contributed by atoms with Crippen molar-refractivity contribution in [3.05, 3.63) is 60.2 Å². The molecule has 0 aliphatic rings. The zero-order chi connectivity index (χ0) is 11.4. The monoisotopic (exact) mass is 218 g/mol. The molecular formula is C12H9FNO2+. The molecule has 0 fully saturated rings. The number of ether oxygens (including phenoxy) is 1. The Morgan fingerprint density at radius 1 is 1.19 bits per heavy atom. The van der Waals surface area contributed by atoms with Gasteiger partial charge in [-0.1, -0.05) is 0 Å². The van der Waals surface area contributed by atoms with Crippen LogP contribution in [-0.4, -0.2) is 5.97 Å². The van der Waals surface area contributed by atoms with Gasteiger partial charge in [0.25, 0.3) is 0 Å². The summed E-state index contributed by atoms with van der Waals surface area (Å²) in [5.41, 5.74) is 0.310. The van der Waals surface area contributed by atoms with Crippen molar-refractivity contribution < 1.29 is 18.9 Å². The van der Waals surface area contributed by atoms with Crippen LogP contribution in [-0.2, 0) is 0 Å². The van der Waals surface area contributed by atoms with E-state index in [0.717, 1.165) is 0 Å². The number of rotatable bonds is 2. The maximum Gasteiger partial charge on any atom is 0.343 e. The summed E-state index contributed by atoms with van der Waals surface area (Å²) in [7, 11) is 0. The van der Waals surface area contributed by atoms with Gasteiger partial charge in [-0.2, -0.15) is 0 Å². The van der Waals surface area contributed by atoms with Crippen LogP contribution in [0.4, 0.5) is 4.39 Å². The van der Waals surface area contributed by atoms with Crippen molar-refractivity contribution in [2.24, 2.45) is 0 Å². The Hall–Kier alpha value is -2.23. The van der Waals surface area contributed by atoms with E-state index in [9.17, 15) is 9.18 Å². The molecule has 0 unspecified atom stereocenters. The minimum Gasteiger partial charge on any atom is -0.417 e. The number of benzene rings is 1. The molecule has 0 atom stereocenters. The molecule has 2 rings (SSSR count). The van der Waals surface area contributed by atoms with Crippen molar-refractivity contribution in [1.29, 1.82) is 0 Å². The zero-order valence-corrected chi connectivity index (χ0v) is 8.31. The normalized spacial score (nSPS) is 9.81. The van der Waals surface area contributed by atoms with E-state index in [4.69, 9.17) is 4.74 Å². The number of aromatic nitrogens is 1. The van der Waals surface area contributed by atoms with Gasteiger partial charge in [0.2, 0.25) is 6.20 Å². The molecule has 3 nitrogen and oxygen atoms in total. The SMILES string of the molecule is O=C(Oc1ccc[nH+]c1)c1ccc(F)cc1. The molecule has 0 bridgehead atoms. The predicted octanol–water partition coefficient (Wildman–Crippen LogP) is 1.86. The van der Waals surface area contributed by atoms with E-state index in [-0.39, 0.29) is 5.82 Å². The van der Waals surface area contributed by atoms with E-state index in [0.29, 0.717) is 11.3 Å². The minimum atomic E-state index is -0.514. The number of carbonyl (C=O) groups excluding carboxylic acids is 1. The van der Waals surface area contributed by atoms with E-state index < -0.39 is 5.97 Å². The first-order valence-corrected chi connectivity index (χ1v) is 4.69. The zero-order valence-electron chi connectivity index (χ0n) is 8.31. The maximum absolute atomic E-state index is 12.6. The number of esters is 1. The van der Waals surface area contributed by atoms with Crippen LogP contribution >= 0.6 is 0 Å². The molecule has 1 aromatic carbocycles. The Bertz CT molecular complexity index is 482. The third-order valence-electron chi connectivity index (χ3n) is 1.97. The molecule has 80 valence electrons. The van der Waals surface area contributed by atoms with Gasteiger partial charge >= 0.3 is 5.97 Å². The van der Waals surface area contributed by atoms with Crippen molar-refractivity contribution >= 4 is 5.97 Å². The van der Waals surface area contributed by atoms with Crippen molar-refractivity contribution in [2.75, 3.05) is 0 Å². The second-order valence-electron chi connectivity index (χ2n) is 3.14. The molecule has 16 heavy (non-hydrogen) atoms. The van der Waals surface area contributed by atoms with Crippen LogP contribution in [0.25, 0.3) is 0 Å². The molecule has 0 radical (unpaired) electrons. The van der Waals surface area contributed by atoms with E-state index in [1.807, 2.05) is 0 Å². The number of H-pyrrole nitrogens is 1. The van der Waals surface area contributed by atoms with Crippen LogP contribution in [0, 0.1) is 5.82 Å². The minimum absolute atomic E-state index is 0.310. The Labute approximate surface area is 91.5 Å². The highest BCUT2D eigenvalue weighted by Crippen LogP contribution is 2.09. The van der Waals surface area contributed by atoms with Gasteiger partial charge in [-0.15, -0.1) is 0 Å². The summed E-state index contributed by atoms with van der Waals surface area (Å²) >= 11 is 0. The summed E-state index contributed by atoms with van der Waals surface area (Å²) in [6.45, 7) is 0. The molecule has 0 saturated carbocycles. The Morgan fingerprint density at radius 3 is 2.56 bits per heavy atom. The number of nitrogens with one attached hydrogen (secondary N) is 1. The molecule has 0 aliphatic heterocycles. The average molecular weight is 218 g/mol. The summed E-state index contributed by atoms with van der Waals surface area (Å²) in [5.74, 6) is -0.485. The van der Waals surface area contributed by atoms with Crippen molar-refractivity contribution in [2.45, 2.75) is 0 Å². The largest absolute Gasteiger partial charge is 0.417 e. The highest BCUT2D eigenvalue weighted by Gasteiger charge is 2.09. The van der Waals surface area contributed by atoms with E-state index in [1.165, 1.54) is 24.3 Å². The second kappa shape index (κ2) is 4.53. The Kier molecular flexibility index (Phi) is 2.91. The Balaban J connectivity index is 2.12. The fourth-order valence-corrected chi connectivity index (χ4v) is 1.19. The summed E-state index contributed by atoms with van der Waals surface area (Å²) in [5, 5.41) is 0. The molecule has 0 amide bonds. The van der Waals surface area contributed by atoms with Gasteiger partial charge in [-0.05, 0) is 30.3 Å². The second-order valence-corrected chi connectivity index (χ2v) is 3.14. The number of carbonyl (C=O) groups is 1. The summed E-state index contributed by atoms with van der Waals surface area (Å²) < 4.78 is 17.7. The van der Waals surface area contributed by atoms with Crippen LogP contribution in [0.5, 0.6) is 5.75 Å². The third-order valence-corrected chi connectivity index (χ3v) is 1.97.